The molecule has 0 bridgehead atoms. The van der Waals surface area contributed by atoms with Crippen molar-refractivity contribution in [2.45, 2.75) is 50.7 Å². The van der Waals surface area contributed by atoms with Crippen molar-refractivity contribution in [3.8, 4) is 5.69 Å². The largest absolute Gasteiger partial charge is 0.435 e. The average molecular weight is 439 g/mol. The molecule has 0 spiro atoms. The molecule has 10 heteroatoms. The number of alkyl halides is 3. The van der Waals surface area contributed by atoms with Gasteiger partial charge in [-0.2, -0.15) is 13.2 Å². The van der Waals surface area contributed by atoms with Gasteiger partial charge in [0.05, 0.1) is 5.69 Å². The van der Waals surface area contributed by atoms with Crippen LogP contribution in [0.2, 0.25) is 0 Å². The zero-order chi connectivity index (χ0) is 22.0. The second-order valence-corrected chi connectivity index (χ2v) is 8.37. The van der Waals surface area contributed by atoms with Crippen molar-refractivity contribution in [3.63, 3.8) is 0 Å². The van der Waals surface area contributed by atoms with Gasteiger partial charge in [-0.3, -0.25) is 4.79 Å². The van der Waals surface area contributed by atoms with Gasteiger partial charge in [-0.15, -0.1) is 5.10 Å². The molecule has 1 aromatic carbocycles. The third kappa shape index (κ3) is 5.06. The molecule has 0 unspecified atom stereocenters. The third-order valence-corrected chi connectivity index (χ3v) is 6.14. The maximum Gasteiger partial charge on any atom is 0.435 e. The van der Waals surface area contributed by atoms with Crippen molar-refractivity contribution in [1.29, 1.82) is 0 Å². The van der Waals surface area contributed by atoms with Gasteiger partial charge in [0.15, 0.2) is 11.4 Å². The van der Waals surface area contributed by atoms with Crippen LogP contribution in [0.25, 0.3) is 5.69 Å². The highest BCUT2D eigenvalue weighted by Gasteiger charge is 2.42. The van der Waals surface area contributed by atoms with Gasteiger partial charge in [0.2, 0.25) is 0 Å². The topological polar surface area (TPSA) is 63.1 Å². The zero-order valence-corrected chi connectivity index (χ0v) is 17.0. The lowest BCUT2D eigenvalue weighted by Gasteiger charge is -2.33. The van der Waals surface area contributed by atoms with Gasteiger partial charge < -0.3 is 10.2 Å². The van der Waals surface area contributed by atoms with E-state index >= 15 is 0 Å². The molecule has 2 heterocycles. The van der Waals surface area contributed by atoms with Gasteiger partial charge in [0, 0.05) is 25.7 Å². The second kappa shape index (κ2) is 8.94. The minimum atomic E-state index is -4.85. The highest BCUT2D eigenvalue weighted by atomic mass is 19.4. The molecule has 168 valence electrons. The molecule has 1 saturated carbocycles. The van der Waals surface area contributed by atoms with Crippen molar-refractivity contribution in [2.75, 3.05) is 19.6 Å². The Morgan fingerprint density at radius 2 is 1.71 bits per heavy atom. The predicted octanol–water partition coefficient (Wildman–Crippen LogP) is 3.81. The van der Waals surface area contributed by atoms with Crippen LogP contribution in [0.5, 0.6) is 0 Å². The van der Waals surface area contributed by atoms with Crippen molar-refractivity contribution in [3.05, 3.63) is 41.5 Å². The first kappa shape index (κ1) is 21.7. The maximum atomic E-state index is 13.7. The van der Waals surface area contributed by atoms with Crippen molar-refractivity contribution in [1.82, 2.24) is 25.2 Å². The van der Waals surface area contributed by atoms with Crippen LogP contribution >= 0.6 is 0 Å². The Hall–Kier alpha value is -2.49. The maximum absolute atomic E-state index is 13.7. The number of benzene rings is 1. The van der Waals surface area contributed by atoms with E-state index in [0.29, 0.717) is 17.5 Å². The van der Waals surface area contributed by atoms with Gasteiger partial charge in [-0.05, 0) is 55.9 Å². The fourth-order valence-electron chi connectivity index (χ4n) is 4.52. The van der Waals surface area contributed by atoms with E-state index in [1.165, 1.54) is 25.7 Å². The number of likely N-dealkylation sites (tertiary alicyclic amines) is 1. The number of amides is 1. The molecule has 1 aliphatic carbocycles. The molecule has 0 radical (unpaired) electrons. The van der Waals surface area contributed by atoms with E-state index in [-0.39, 0.29) is 11.7 Å². The Balaban J connectivity index is 1.43. The van der Waals surface area contributed by atoms with Gasteiger partial charge in [-0.1, -0.05) is 18.1 Å². The van der Waals surface area contributed by atoms with Crippen LogP contribution in [0, 0.1) is 11.7 Å². The quantitative estimate of drug-likeness (QED) is 0.720. The van der Waals surface area contributed by atoms with E-state index in [2.05, 4.69) is 20.5 Å². The third-order valence-electron chi connectivity index (χ3n) is 6.14. The normalized spacial score (nSPS) is 19.1. The van der Waals surface area contributed by atoms with E-state index in [9.17, 15) is 22.4 Å². The molecule has 0 atom stereocenters. The minimum absolute atomic E-state index is 0.0273. The number of halogens is 4. The van der Waals surface area contributed by atoms with Crippen molar-refractivity contribution < 1.29 is 22.4 Å². The molecule has 1 saturated heterocycles. The monoisotopic (exact) mass is 439 g/mol. The summed E-state index contributed by atoms with van der Waals surface area (Å²) in [6.45, 7) is 2.69. The first-order valence-corrected chi connectivity index (χ1v) is 10.6. The number of aromatic nitrogens is 3. The molecule has 4 rings (SSSR count). The van der Waals surface area contributed by atoms with Crippen LogP contribution < -0.4 is 5.32 Å². The summed E-state index contributed by atoms with van der Waals surface area (Å²) in [5.74, 6) is -0.744. The van der Waals surface area contributed by atoms with Crippen LogP contribution in [0.1, 0.15) is 54.7 Å². The zero-order valence-electron chi connectivity index (χ0n) is 17.0. The van der Waals surface area contributed by atoms with E-state index < -0.39 is 29.3 Å². The second-order valence-electron chi connectivity index (χ2n) is 8.37. The fourth-order valence-corrected chi connectivity index (χ4v) is 4.52. The van der Waals surface area contributed by atoms with Crippen LogP contribution in [-0.2, 0) is 6.18 Å². The molecule has 2 fully saturated rings. The summed E-state index contributed by atoms with van der Waals surface area (Å²) in [5, 5.41) is 9.72. The summed E-state index contributed by atoms with van der Waals surface area (Å²) in [4.78, 5) is 15.0. The molecule has 1 aromatic heterocycles. The number of hydrogen-bond donors (Lipinski definition) is 1. The molecule has 1 aliphatic heterocycles. The number of rotatable bonds is 5. The van der Waals surface area contributed by atoms with E-state index in [4.69, 9.17) is 0 Å². The predicted molar refractivity (Wildman–Crippen MR) is 105 cm³/mol. The fraction of sp³-hybridized carbons (Fsp3) is 0.571. The van der Waals surface area contributed by atoms with Gasteiger partial charge in [0.25, 0.3) is 5.91 Å². The lowest BCUT2D eigenvalue weighted by molar-refractivity contribution is -0.143. The number of nitrogens with one attached hydrogen (secondary N) is 1. The lowest BCUT2D eigenvalue weighted by Crippen LogP contribution is -2.46. The Kier molecular flexibility index (Phi) is 6.27. The van der Waals surface area contributed by atoms with E-state index in [0.717, 1.165) is 49.8 Å². The van der Waals surface area contributed by atoms with Crippen LogP contribution in [0.3, 0.4) is 0 Å². The van der Waals surface area contributed by atoms with Gasteiger partial charge in [-0.25, -0.2) is 9.07 Å². The van der Waals surface area contributed by atoms with Crippen LogP contribution in [-0.4, -0.2) is 51.5 Å². The molecule has 2 aromatic rings. The Morgan fingerprint density at radius 1 is 1.06 bits per heavy atom. The summed E-state index contributed by atoms with van der Waals surface area (Å²) >= 11 is 0. The van der Waals surface area contributed by atoms with Crippen LogP contribution in [0.4, 0.5) is 17.6 Å². The summed E-state index contributed by atoms with van der Waals surface area (Å²) in [6.07, 6.45) is 1.63. The molecule has 6 nitrogen and oxygen atoms in total. The summed E-state index contributed by atoms with van der Waals surface area (Å²) in [6, 6.07) is 4.15. The van der Waals surface area contributed by atoms with Gasteiger partial charge in [0.1, 0.15) is 5.82 Å². The number of piperidine rings is 1. The lowest BCUT2D eigenvalue weighted by atomic mass is 10.0. The average Bonchev–Trinajstić information content (AvgIpc) is 3.40. The molecular formula is C21H25F4N5O. The van der Waals surface area contributed by atoms with Crippen molar-refractivity contribution >= 4 is 5.91 Å². The standard InChI is InChI=1S/C21H25F4N5O/c22-15-5-7-17(8-6-15)30-19(21(23,24)25)18(27-28-30)20(31)26-16-9-11-29(12-10-16)13-14-3-1-2-4-14/h5-8,14,16H,1-4,9-13H2,(H,26,31). The van der Waals surface area contributed by atoms with Crippen molar-refractivity contribution in [2.24, 2.45) is 5.92 Å². The Labute approximate surface area is 177 Å². The SMILES string of the molecule is O=C(NC1CCN(CC2CCCC2)CC1)c1nnn(-c2ccc(F)cc2)c1C(F)(F)F. The number of nitrogens with zero attached hydrogens (tertiary/aromatic N) is 4. The molecule has 2 aliphatic rings. The molecule has 31 heavy (non-hydrogen) atoms. The number of carbonyl (C=O) groups excluding carboxylic acids is 1. The van der Waals surface area contributed by atoms with Gasteiger partial charge >= 0.3 is 6.18 Å². The Bertz CT molecular complexity index is 897. The van der Waals surface area contributed by atoms with E-state index in [1.807, 2.05) is 0 Å². The number of hydrogen-bond acceptors (Lipinski definition) is 4. The Morgan fingerprint density at radius 3 is 2.32 bits per heavy atom. The highest BCUT2D eigenvalue weighted by molar-refractivity contribution is 5.93. The summed E-state index contributed by atoms with van der Waals surface area (Å²) in [5.41, 5.74) is -2.07. The molecule has 1 N–H and O–H groups in total. The molecular weight excluding hydrogens is 414 g/mol. The first-order chi connectivity index (χ1) is 14.8. The van der Waals surface area contributed by atoms with Crippen LogP contribution in [0.15, 0.2) is 24.3 Å². The number of carbonyl (C=O) groups is 1. The first-order valence-electron chi connectivity index (χ1n) is 10.6. The van der Waals surface area contributed by atoms with E-state index in [1.54, 1.807) is 0 Å². The smallest absolute Gasteiger partial charge is 0.348 e. The minimum Gasteiger partial charge on any atom is -0.348 e. The molecule has 1 amide bonds. The summed E-state index contributed by atoms with van der Waals surface area (Å²) < 4.78 is 54.9. The highest BCUT2D eigenvalue weighted by Crippen LogP contribution is 2.33. The summed E-state index contributed by atoms with van der Waals surface area (Å²) in [7, 11) is 0.